The summed E-state index contributed by atoms with van der Waals surface area (Å²) in [5.74, 6) is 1.30. The fourth-order valence-corrected chi connectivity index (χ4v) is 4.07. The van der Waals surface area contributed by atoms with Crippen molar-refractivity contribution in [2.45, 2.75) is 43.9 Å². The van der Waals surface area contributed by atoms with Crippen LogP contribution in [0.4, 0.5) is 0 Å². The average molecular weight is 362 g/mol. The third-order valence-corrected chi connectivity index (χ3v) is 5.44. The number of nitrogens with zero attached hydrogens (tertiary/aromatic N) is 2. The van der Waals surface area contributed by atoms with E-state index in [1.54, 1.807) is 18.5 Å². The summed E-state index contributed by atoms with van der Waals surface area (Å²) in [5.41, 5.74) is 1.91. The summed E-state index contributed by atoms with van der Waals surface area (Å²) in [6.45, 7) is 0. The summed E-state index contributed by atoms with van der Waals surface area (Å²) in [7, 11) is 0. The molecule has 1 aliphatic rings. The van der Waals surface area contributed by atoms with Crippen molar-refractivity contribution < 1.29 is 0 Å². The molecular weight excluding hydrogens is 340 g/mol. The lowest BCUT2D eigenvalue weighted by molar-refractivity contribution is 0.388. The molecule has 2 aromatic heterocycles. The van der Waals surface area contributed by atoms with E-state index in [9.17, 15) is 9.59 Å². The molecule has 4 rings (SSSR count). The van der Waals surface area contributed by atoms with Gasteiger partial charge in [-0.3, -0.25) is 9.78 Å². The summed E-state index contributed by atoms with van der Waals surface area (Å²) in [6.07, 6.45) is 7.62. The summed E-state index contributed by atoms with van der Waals surface area (Å²) < 4.78 is 0. The second-order valence-corrected chi connectivity index (χ2v) is 7.10. The van der Waals surface area contributed by atoms with Crippen LogP contribution >= 0.6 is 0 Å². The molecule has 6 nitrogen and oxygen atoms in total. The second kappa shape index (κ2) is 7.70. The first-order valence-electron chi connectivity index (χ1n) is 9.37. The van der Waals surface area contributed by atoms with Crippen LogP contribution in [0.1, 0.15) is 60.2 Å². The van der Waals surface area contributed by atoms with Crippen molar-refractivity contribution in [3.8, 4) is 0 Å². The van der Waals surface area contributed by atoms with Crippen LogP contribution in [0.25, 0.3) is 0 Å². The van der Waals surface area contributed by atoms with Gasteiger partial charge in [-0.2, -0.15) is 0 Å². The maximum absolute atomic E-state index is 12.5. The lowest BCUT2D eigenvalue weighted by Crippen LogP contribution is -2.30. The van der Waals surface area contributed by atoms with Gasteiger partial charge in [0.15, 0.2) is 0 Å². The van der Waals surface area contributed by atoms with Crippen LogP contribution in [0.3, 0.4) is 0 Å². The molecule has 0 atom stereocenters. The average Bonchev–Trinajstić information content (AvgIpc) is 2.71. The second-order valence-electron chi connectivity index (χ2n) is 7.10. The fraction of sp³-hybridized carbons (Fsp3) is 0.333. The van der Waals surface area contributed by atoms with Gasteiger partial charge in [0.1, 0.15) is 5.82 Å². The highest BCUT2D eigenvalue weighted by Crippen LogP contribution is 2.40. The fourth-order valence-electron chi connectivity index (χ4n) is 4.07. The van der Waals surface area contributed by atoms with E-state index in [0.29, 0.717) is 23.7 Å². The molecule has 2 heterocycles. The molecule has 0 unspecified atom stereocenters. The monoisotopic (exact) mass is 362 g/mol. The highest BCUT2D eigenvalue weighted by atomic mass is 16.2. The molecule has 2 N–H and O–H groups in total. The summed E-state index contributed by atoms with van der Waals surface area (Å²) in [5, 5.41) is 0. The van der Waals surface area contributed by atoms with E-state index < -0.39 is 5.69 Å². The van der Waals surface area contributed by atoms with Crippen molar-refractivity contribution in [2.24, 2.45) is 0 Å². The first-order valence-corrected chi connectivity index (χ1v) is 9.37. The van der Waals surface area contributed by atoms with Gasteiger partial charge in [0.25, 0.3) is 5.56 Å². The largest absolute Gasteiger partial charge is 0.325 e. The van der Waals surface area contributed by atoms with E-state index in [1.165, 1.54) is 5.56 Å². The Balaban J connectivity index is 1.59. The maximum atomic E-state index is 12.5. The molecule has 0 bridgehead atoms. The molecule has 0 amide bonds. The lowest BCUT2D eigenvalue weighted by Gasteiger charge is -2.29. The van der Waals surface area contributed by atoms with E-state index in [1.807, 2.05) is 6.07 Å². The molecule has 138 valence electrons. The minimum atomic E-state index is -0.446. The molecule has 1 aromatic carbocycles. The van der Waals surface area contributed by atoms with E-state index in [0.717, 1.165) is 31.4 Å². The summed E-state index contributed by atoms with van der Waals surface area (Å²) >= 11 is 0. The number of benzene rings is 1. The Hall–Kier alpha value is -3.02. The number of aromatic amines is 2. The van der Waals surface area contributed by atoms with E-state index in [2.05, 4.69) is 44.2 Å². The van der Waals surface area contributed by atoms with Crippen LogP contribution in [0.5, 0.6) is 0 Å². The van der Waals surface area contributed by atoms with Crippen molar-refractivity contribution in [1.82, 2.24) is 19.9 Å². The maximum Gasteiger partial charge on any atom is 0.325 e. The molecule has 0 aliphatic heterocycles. The minimum absolute atomic E-state index is 0.179. The zero-order valence-electron chi connectivity index (χ0n) is 15.0. The van der Waals surface area contributed by atoms with Crippen molar-refractivity contribution in [3.05, 3.63) is 92.3 Å². The van der Waals surface area contributed by atoms with Crippen LogP contribution in [0.15, 0.2) is 58.4 Å². The molecule has 0 saturated heterocycles. The van der Waals surface area contributed by atoms with Crippen LogP contribution in [0.2, 0.25) is 0 Å². The number of nitrogens with one attached hydrogen (secondary N) is 2. The molecule has 0 radical (unpaired) electrons. The SMILES string of the molecule is O=c1[nH]c(C2CCC(c3ccccc3)CC2)c(Cc2ncccn2)c(=O)[nH]1. The van der Waals surface area contributed by atoms with Crippen LogP contribution in [0, 0.1) is 0 Å². The molecule has 3 aromatic rings. The Bertz CT molecular complexity index is 1000. The van der Waals surface area contributed by atoms with Gasteiger partial charge in [-0.25, -0.2) is 14.8 Å². The van der Waals surface area contributed by atoms with Crippen LogP contribution < -0.4 is 11.2 Å². The van der Waals surface area contributed by atoms with Gasteiger partial charge in [0.05, 0.1) is 0 Å². The lowest BCUT2D eigenvalue weighted by atomic mass is 9.76. The summed E-state index contributed by atoms with van der Waals surface area (Å²) in [6, 6.07) is 12.3. The number of hydrogen-bond donors (Lipinski definition) is 2. The van der Waals surface area contributed by atoms with Crippen molar-refractivity contribution >= 4 is 0 Å². The van der Waals surface area contributed by atoms with Gasteiger partial charge in [-0.05, 0) is 49.1 Å². The molecule has 0 spiro atoms. The van der Waals surface area contributed by atoms with Gasteiger partial charge < -0.3 is 4.98 Å². The smallest absolute Gasteiger partial charge is 0.311 e. The third-order valence-electron chi connectivity index (χ3n) is 5.44. The topological polar surface area (TPSA) is 91.5 Å². The zero-order valence-corrected chi connectivity index (χ0v) is 15.0. The van der Waals surface area contributed by atoms with Gasteiger partial charge >= 0.3 is 5.69 Å². The predicted octanol–water partition coefficient (Wildman–Crippen LogP) is 2.89. The van der Waals surface area contributed by atoms with E-state index in [-0.39, 0.29) is 11.5 Å². The summed E-state index contributed by atoms with van der Waals surface area (Å²) in [4.78, 5) is 38.0. The number of hydrogen-bond acceptors (Lipinski definition) is 4. The van der Waals surface area contributed by atoms with E-state index in [4.69, 9.17) is 0 Å². The highest BCUT2D eigenvalue weighted by molar-refractivity contribution is 5.26. The number of rotatable bonds is 4. The Morgan fingerprint density at radius 1 is 0.852 bits per heavy atom. The Morgan fingerprint density at radius 3 is 2.22 bits per heavy atom. The molecule has 1 aliphatic carbocycles. The predicted molar refractivity (Wildman–Crippen MR) is 103 cm³/mol. The highest BCUT2D eigenvalue weighted by Gasteiger charge is 2.27. The number of H-pyrrole nitrogens is 2. The molecular formula is C21H22N4O2. The first-order chi connectivity index (χ1) is 13.2. The van der Waals surface area contributed by atoms with Gasteiger partial charge in [0, 0.05) is 30.1 Å². The van der Waals surface area contributed by atoms with Crippen molar-refractivity contribution in [3.63, 3.8) is 0 Å². The zero-order chi connectivity index (χ0) is 18.6. The standard InChI is InChI=1S/C21H22N4O2/c26-20-17(13-18-22-11-4-12-23-18)19(24-21(27)25-20)16-9-7-15(8-10-16)14-5-2-1-3-6-14/h1-6,11-12,15-16H,7-10,13H2,(H2,24,25,26,27). The van der Waals surface area contributed by atoms with Gasteiger partial charge in [-0.1, -0.05) is 30.3 Å². The first kappa shape index (κ1) is 17.4. The van der Waals surface area contributed by atoms with Gasteiger partial charge in [0.2, 0.25) is 0 Å². The van der Waals surface area contributed by atoms with Crippen LogP contribution in [-0.4, -0.2) is 19.9 Å². The molecule has 6 heteroatoms. The number of aromatic nitrogens is 4. The van der Waals surface area contributed by atoms with E-state index >= 15 is 0 Å². The van der Waals surface area contributed by atoms with Crippen LogP contribution in [-0.2, 0) is 6.42 Å². The van der Waals surface area contributed by atoms with Crippen molar-refractivity contribution in [2.75, 3.05) is 0 Å². The van der Waals surface area contributed by atoms with Gasteiger partial charge in [-0.15, -0.1) is 0 Å². The normalized spacial score (nSPS) is 19.7. The third kappa shape index (κ3) is 3.89. The molecule has 27 heavy (non-hydrogen) atoms. The Morgan fingerprint density at radius 2 is 1.52 bits per heavy atom. The molecule has 1 saturated carbocycles. The van der Waals surface area contributed by atoms with Crippen molar-refractivity contribution in [1.29, 1.82) is 0 Å². The Labute approximate surface area is 156 Å². The minimum Gasteiger partial charge on any atom is -0.311 e. The molecule has 1 fully saturated rings. The quantitative estimate of drug-likeness (QED) is 0.746. The Kier molecular flexibility index (Phi) is 4.96.